The fourth-order valence-corrected chi connectivity index (χ4v) is 2.78. The van der Waals surface area contributed by atoms with Crippen molar-refractivity contribution in [2.45, 2.75) is 12.3 Å². The zero-order valence-electron chi connectivity index (χ0n) is 10.5. The van der Waals surface area contributed by atoms with Crippen molar-refractivity contribution < 1.29 is 9.13 Å². The fourth-order valence-electron chi connectivity index (χ4n) is 2.78. The largest absolute Gasteiger partial charge is 0.378 e. The molecule has 4 heteroatoms. The maximum Gasteiger partial charge on any atom is 0.146 e. The van der Waals surface area contributed by atoms with Gasteiger partial charge in [0, 0.05) is 19.6 Å². The van der Waals surface area contributed by atoms with E-state index in [2.05, 4.69) is 16.3 Å². The van der Waals surface area contributed by atoms with E-state index < -0.39 is 0 Å². The van der Waals surface area contributed by atoms with Crippen LogP contribution in [0.2, 0.25) is 0 Å². The monoisotopic (exact) mass is 250 g/mol. The minimum atomic E-state index is -0.0960. The van der Waals surface area contributed by atoms with Crippen LogP contribution in [0, 0.1) is 5.82 Å². The third kappa shape index (κ3) is 2.35. The van der Waals surface area contributed by atoms with Crippen LogP contribution < -0.4 is 10.2 Å². The predicted molar refractivity (Wildman–Crippen MR) is 69.7 cm³/mol. The highest BCUT2D eigenvalue weighted by Crippen LogP contribution is 2.27. The summed E-state index contributed by atoms with van der Waals surface area (Å²) in [5.74, 6) is 0.375. The normalized spacial score (nSPS) is 24.5. The quantitative estimate of drug-likeness (QED) is 0.865. The molecule has 18 heavy (non-hydrogen) atoms. The summed E-state index contributed by atoms with van der Waals surface area (Å²) >= 11 is 0. The average Bonchev–Trinajstić information content (AvgIpc) is 2.93. The van der Waals surface area contributed by atoms with Gasteiger partial charge in [-0.1, -0.05) is 6.07 Å². The summed E-state index contributed by atoms with van der Waals surface area (Å²) in [6.45, 7) is 4.94. The number of morpholine rings is 1. The maximum atomic E-state index is 14.2. The molecule has 1 N–H and O–H groups in total. The number of ether oxygens (including phenoxy) is 1. The highest BCUT2D eigenvalue weighted by Gasteiger charge is 2.20. The Morgan fingerprint density at radius 1 is 1.28 bits per heavy atom. The first-order valence-electron chi connectivity index (χ1n) is 6.67. The molecule has 0 radical (unpaired) electrons. The van der Waals surface area contributed by atoms with Crippen LogP contribution >= 0.6 is 0 Å². The molecule has 0 saturated carbocycles. The first-order valence-corrected chi connectivity index (χ1v) is 6.67. The Kier molecular flexibility index (Phi) is 3.48. The van der Waals surface area contributed by atoms with Crippen LogP contribution in [0.5, 0.6) is 0 Å². The molecule has 0 amide bonds. The number of anilines is 1. The lowest BCUT2D eigenvalue weighted by atomic mass is 9.98. The van der Waals surface area contributed by atoms with Crippen LogP contribution in [-0.4, -0.2) is 39.4 Å². The topological polar surface area (TPSA) is 24.5 Å². The lowest BCUT2D eigenvalue weighted by Gasteiger charge is -2.29. The molecule has 98 valence electrons. The molecule has 1 aromatic rings. The Bertz CT molecular complexity index is 412. The van der Waals surface area contributed by atoms with E-state index in [1.165, 1.54) is 0 Å². The van der Waals surface area contributed by atoms with Crippen LogP contribution in [0.3, 0.4) is 0 Å². The molecule has 3 rings (SSSR count). The van der Waals surface area contributed by atoms with E-state index in [1.807, 2.05) is 6.07 Å². The van der Waals surface area contributed by atoms with Gasteiger partial charge in [-0.05, 0) is 36.6 Å². The average molecular weight is 250 g/mol. The van der Waals surface area contributed by atoms with Gasteiger partial charge in [-0.2, -0.15) is 0 Å². The van der Waals surface area contributed by atoms with Gasteiger partial charge in [-0.25, -0.2) is 4.39 Å². The Morgan fingerprint density at radius 3 is 2.78 bits per heavy atom. The predicted octanol–water partition coefficient (Wildman–Crippen LogP) is 1.74. The van der Waals surface area contributed by atoms with E-state index in [0.29, 0.717) is 24.8 Å². The fraction of sp³-hybridized carbons (Fsp3) is 0.571. The summed E-state index contributed by atoms with van der Waals surface area (Å²) in [4.78, 5) is 2.06. The molecule has 1 aromatic carbocycles. The second-order valence-electron chi connectivity index (χ2n) is 5.00. The number of benzene rings is 1. The molecule has 2 aliphatic heterocycles. The number of hydrogen-bond donors (Lipinski definition) is 1. The van der Waals surface area contributed by atoms with Crippen molar-refractivity contribution in [3.63, 3.8) is 0 Å². The third-order valence-electron chi connectivity index (χ3n) is 3.86. The first kappa shape index (κ1) is 11.9. The smallest absolute Gasteiger partial charge is 0.146 e. The minimum Gasteiger partial charge on any atom is -0.378 e. The number of nitrogens with one attached hydrogen (secondary N) is 1. The van der Waals surface area contributed by atoms with Crippen LogP contribution in [0.4, 0.5) is 10.1 Å². The highest BCUT2D eigenvalue weighted by atomic mass is 19.1. The summed E-state index contributed by atoms with van der Waals surface area (Å²) < 4.78 is 19.5. The molecule has 1 atom stereocenters. The molecular weight excluding hydrogens is 231 g/mol. The van der Waals surface area contributed by atoms with Gasteiger partial charge in [-0.3, -0.25) is 0 Å². The third-order valence-corrected chi connectivity index (χ3v) is 3.86. The van der Waals surface area contributed by atoms with Gasteiger partial charge in [0.1, 0.15) is 5.82 Å². The van der Waals surface area contributed by atoms with Crippen molar-refractivity contribution in [1.82, 2.24) is 5.32 Å². The SMILES string of the molecule is Fc1cc(C2CCNC2)ccc1N1CCOCC1. The van der Waals surface area contributed by atoms with Gasteiger partial charge in [0.05, 0.1) is 18.9 Å². The summed E-state index contributed by atoms with van der Waals surface area (Å²) in [5.41, 5.74) is 1.84. The number of hydrogen-bond acceptors (Lipinski definition) is 3. The van der Waals surface area contributed by atoms with Crippen molar-refractivity contribution in [1.29, 1.82) is 0 Å². The Balaban J connectivity index is 1.79. The first-order chi connectivity index (χ1) is 8.84. The van der Waals surface area contributed by atoms with Crippen molar-refractivity contribution in [3.05, 3.63) is 29.6 Å². The molecule has 2 saturated heterocycles. The zero-order chi connectivity index (χ0) is 12.4. The molecule has 0 spiro atoms. The zero-order valence-corrected chi connectivity index (χ0v) is 10.5. The second kappa shape index (κ2) is 5.24. The lowest BCUT2D eigenvalue weighted by Crippen LogP contribution is -2.36. The molecule has 0 aliphatic carbocycles. The van der Waals surface area contributed by atoms with E-state index in [-0.39, 0.29) is 5.82 Å². The van der Waals surface area contributed by atoms with E-state index >= 15 is 0 Å². The summed E-state index contributed by atoms with van der Waals surface area (Å²) in [6, 6.07) is 5.71. The minimum absolute atomic E-state index is 0.0960. The van der Waals surface area contributed by atoms with E-state index in [1.54, 1.807) is 6.07 Å². The molecule has 2 aliphatic rings. The second-order valence-corrected chi connectivity index (χ2v) is 5.00. The standard InChI is InChI=1S/C14H19FN2O/c15-13-9-11(12-3-4-16-10-12)1-2-14(13)17-5-7-18-8-6-17/h1-2,9,12,16H,3-8,10H2. The van der Waals surface area contributed by atoms with Gasteiger partial charge in [-0.15, -0.1) is 0 Å². The van der Waals surface area contributed by atoms with Crippen LogP contribution in [0.25, 0.3) is 0 Å². The summed E-state index contributed by atoms with van der Waals surface area (Å²) in [7, 11) is 0. The number of nitrogens with zero attached hydrogens (tertiary/aromatic N) is 1. The van der Waals surface area contributed by atoms with Crippen LogP contribution in [0.15, 0.2) is 18.2 Å². The van der Waals surface area contributed by atoms with Crippen LogP contribution in [-0.2, 0) is 4.74 Å². The van der Waals surface area contributed by atoms with E-state index in [9.17, 15) is 4.39 Å². The van der Waals surface area contributed by atoms with Gasteiger partial charge in [0.2, 0.25) is 0 Å². The Labute approximate surface area is 107 Å². The summed E-state index contributed by atoms with van der Waals surface area (Å²) in [5, 5.41) is 3.32. The number of rotatable bonds is 2. The number of halogens is 1. The molecular formula is C14H19FN2O. The van der Waals surface area contributed by atoms with Crippen molar-refractivity contribution in [3.8, 4) is 0 Å². The molecule has 0 aromatic heterocycles. The van der Waals surface area contributed by atoms with Gasteiger partial charge >= 0.3 is 0 Å². The molecule has 2 fully saturated rings. The summed E-state index contributed by atoms with van der Waals surface area (Å²) in [6.07, 6.45) is 1.11. The Morgan fingerprint density at radius 2 is 2.11 bits per heavy atom. The molecule has 2 heterocycles. The molecule has 0 bridgehead atoms. The van der Waals surface area contributed by atoms with Crippen LogP contribution in [0.1, 0.15) is 17.9 Å². The Hall–Kier alpha value is -1.13. The van der Waals surface area contributed by atoms with E-state index in [4.69, 9.17) is 4.74 Å². The van der Waals surface area contributed by atoms with Crippen molar-refractivity contribution >= 4 is 5.69 Å². The lowest BCUT2D eigenvalue weighted by molar-refractivity contribution is 0.122. The van der Waals surface area contributed by atoms with E-state index in [0.717, 1.165) is 38.2 Å². The molecule has 3 nitrogen and oxygen atoms in total. The van der Waals surface area contributed by atoms with Gasteiger partial charge in [0.25, 0.3) is 0 Å². The molecule has 1 unspecified atom stereocenters. The highest BCUT2D eigenvalue weighted by molar-refractivity contribution is 5.50. The van der Waals surface area contributed by atoms with Crippen molar-refractivity contribution in [2.75, 3.05) is 44.3 Å². The van der Waals surface area contributed by atoms with Gasteiger partial charge < -0.3 is 15.0 Å². The van der Waals surface area contributed by atoms with Gasteiger partial charge in [0.15, 0.2) is 0 Å². The maximum absolute atomic E-state index is 14.2. The van der Waals surface area contributed by atoms with Crippen molar-refractivity contribution in [2.24, 2.45) is 0 Å².